The van der Waals surface area contributed by atoms with Crippen LogP contribution in [0.1, 0.15) is 16.7 Å². The van der Waals surface area contributed by atoms with Gasteiger partial charge in [0.25, 0.3) is 0 Å². The van der Waals surface area contributed by atoms with E-state index in [1.54, 1.807) is 0 Å². The fourth-order valence-electron chi connectivity index (χ4n) is 2.86. The number of rotatable bonds is 7. The summed E-state index contributed by atoms with van der Waals surface area (Å²) in [5, 5.41) is 0. The maximum atomic E-state index is 3.81. The van der Waals surface area contributed by atoms with Crippen molar-refractivity contribution < 1.29 is 0 Å². The second-order valence-corrected chi connectivity index (χ2v) is 5.99. The predicted molar refractivity (Wildman–Crippen MR) is 103 cm³/mol. The summed E-state index contributed by atoms with van der Waals surface area (Å²) in [6.45, 7) is 5.61. The molecule has 0 spiro atoms. The third-order valence-corrected chi connectivity index (χ3v) is 4.11. The van der Waals surface area contributed by atoms with Gasteiger partial charge in [-0.15, -0.1) is 6.58 Å². The molecule has 0 atom stereocenters. The summed E-state index contributed by atoms with van der Waals surface area (Å²) in [4.78, 5) is 2.42. The summed E-state index contributed by atoms with van der Waals surface area (Å²) in [6, 6.07) is 30.1. The number of hydrogen-bond acceptors (Lipinski definition) is 1. The van der Waals surface area contributed by atoms with Crippen LogP contribution < -0.4 is 4.90 Å². The Morgan fingerprint density at radius 2 is 1.12 bits per heavy atom. The summed E-state index contributed by atoms with van der Waals surface area (Å²) in [5.74, 6) is 0. The number of allylic oxidation sites excluding steroid dienone is 1. The number of hydrogen-bond donors (Lipinski definition) is 0. The van der Waals surface area contributed by atoms with Crippen molar-refractivity contribution in [3.05, 3.63) is 114 Å². The zero-order valence-electron chi connectivity index (χ0n) is 13.9. The summed E-state index contributed by atoms with van der Waals surface area (Å²) in [6.07, 6.45) is 2.86. The summed E-state index contributed by atoms with van der Waals surface area (Å²) in [7, 11) is 0. The van der Waals surface area contributed by atoms with Gasteiger partial charge >= 0.3 is 0 Å². The minimum atomic E-state index is 0.899. The maximum absolute atomic E-state index is 3.81. The molecule has 0 heterocycles. The molecule has 0 aliphatic rings. The lowest BCUT2D eigenvalue weighted by atomic mass is 10.1. The van der Waals surface area contributed by atoms with Crippen LogP contribution in [-0.2, 0) is 19.5 Å². The van der Waals surface area contributed by atoms with Gasteiger partial charge in [-0.3, -0.25) is 0 Å². The first kappa shape index (κ1) is 16.1. The standard InChI is InChI=1S/C23H23N/c1-2-9-20-14-16-23(17-15-20)24(18-21-10-5-3-6-11-21)19-22-12-7-4-8-13-22/h2-8,10-17H,1,9,18-19H2. The Morgan fingerprint density at radius 1 is 0.625 bits per heavy atom. The second-order valence-electron chi connectivity index (χ2n) is 5.99. The van der Waals surface area contributed by atoms with Crippen molar-refractivity contribution >= 4 is 5.69 Å². The summed E-state index contributed by atoms with van der Waals surface area (Å²) >= 11 is 0. The molecule has 0 aromatic heterocycles. The molecule has 3 aromatic carbocycles. The molecule has 0 fully saturated rings. The van der Waals surface area contributed by atoms with E-state index in [4.69, 9.17) is 0 Å². The Morgan fingerprint density at radius 3 is 1.58 bits per heavy atom. The van der Waals surface area contributed by atoms with Crippen molar-refractivity contribution in [2.24, 2.45) is 0 Å². The van der Waals surface area contributed by atoms with Crippen LogP contribution in [0, 0.1) is 0 Å². The van der Waals surface area contributed by atoms with Gasteiger partial charge in [0.05, 0.1) is 0 Å². The lowest BCUT2D eigenvalue weighted by Gasteiger charge is -2.25. The third-order valence-electron chi connectivity index (χ3n) is 4.11. The fourth-order valence-corrected chi connectivity index (χ4v) is 2.86. The highest BCUT2D eigenvalue weighted by atomic mass is 15.1. The van der Waals surface area contributed by atoms with Crippen LogP contribution in [0.3, 0.4) is 0 Å². The number of benzene rings is 3. The van der Waals surface area contributed by atoms with Crippen LogP contribution in [0.2, 0.25) is 0 Å². The van der Waals surface area contributed by atoms with Crippen molar-refractivity contribution in [2.75, 3.05) is 4.90 Å². The fraction of sp³-hybridized carbons (Fsp3) is 0.130. The monoisotopic (exact) mass is 313 g/mol. The Balaban J connectivity index is 1.84. The van der Waals surface area contributed by atoms with Gasteiger partial charge in [0.15, 0.2) is 0 Å². The highest BCUT2D eigenvalue weighted by Gasteiger charge is 2.08. The van der Waals surface area contributed by atoms with E-state index in [2.05, 4.69) is 96.4 Å². The third kappa shape index (κ3) is 4.36. The zero-order chi connectivity index (χ0) is 16.6. The van der Waals surface area contributed by atoms with Gasteiger partial charge in [0.2, 0.25) is 0 Å². The predicted octanol–water partition coefficient (Wildman–Crippen LogP) is 5.62. The highest BCUT2D eigenvalue weighted by molar-refractivity contribution is 5.49. The van der Waals surface area contributed by atoms with Crippen LogP contribution in [0.15, 0.2) is 97.6 Å². The molecular weight excluding hydrogens is 290 g/mol. The van der Waals surface area contributed by atoms with Gasteiger partial charge in [0, 0.05) is 18.8 Å². The smallest absolute Gasteiger partial charge is 0.0433 e. The molecule has 0 aliphatic carbocycles. The van der Waals surface area contributed by atoms with E-state index in [0.717, 1.165) is 19.5 Å². The van der Waals surface area contributed by atoms with Crippen molar-refractivity contribution in [3.63, 3.8) is 0 Å². The Labute approximate surface area is 144 Å². The number of nitrogens with zero attached hydrogens (tertiary/aromatic N) is 1. The zero-order valence-corrected chi connectivity index (χ0v) is 13.9. The van der Waals surface area contributed by atoms with Gasteiger partial charge in [0.1, 0.15) is 0 Å². The first-order valence-electron chi connectivity index (χ1n) is 8.38. The molecular formula is C23H23N. The SMILES string of the molecule is C=CCc1ccc(N(Cc2ccccc2)Cc2ccccc2)cc1. The van der Waals surface area contributed by atoms with Gasteiger partial charge in [-0.25, -0.2) is 0 Å². The van der Waals surface area contributed by atoms with Crippen molar-refractivity contribution in [2.45, 2.75) is 19.5 Å². The molecule has 3 rings (SSSR count). The molecule has 0 bridgehead atoms. The van der Waals surface area contributed by atoms with Crippen molar-refractivity contribution in [1.82, 2.24) is 0 Å². The van der Waals surface area contributed by atoms with Crippen molar-refractivity contribution in [3.8, 4) is 0 Å². The molecule has 0 N–H and O–H groups in total. The van der Waals surface area contributed by atoms with Crippen LogP contribution in [0.25, 0.3) is 0 Å². The normalized spacial score (nSPS) is 10.3. The van der Waals surface area contributed by atoms with E-state index >= 15 is 0 Å². The van der Waals surface area contributed by atoms with E-state index in [0.29, 0.717) is 0 Å². The first-order valence-corrected chi connectivity index (χ1v) is 8.38. The van der Waals surface area contributed by atoms with E-state index in [1.165, 1.54) is 22.4 Å². The lowest BCUT2D eigenvalue weighted by molar-refractivity contribution is 0.799. The maximum Gasteiger partial charge on any atom is 0.0433 e. The average molecular weight is 313 g/mol. The average Bonchev–Trinajstić information content (AvgIpc) is 2.64. The molecule has 120 valence electrons. The molecule has 0 radical (unpaired) electrons. The van der Waals surface area contributed by atoms with Crippen LogP contribution in [-0.4, -0.2) is 0 Å². The van der Waals surface area contributed by atoms with Crippen molar-refractivity contribution in [1.29, 1.82) is 0 Å². The molecule has 0 aliphatic heterocycles. The lowest BCUT2D eigenvalue weighted by Crippen LogP contribution is -2.22. The largest absolute Gasteiger partial charge is 0.363 e. The van der Waals surface area contributed by atoms with Gasteiger partial charge < -0.3 is 4.90 Å². The van der Waals surface area contributed by atoms with E-state index < -0.39 is 0 Å². The minimum Gasteiger partial charge on any atom is -0.363 e. The molecule has 0 saturated carbocycles. The molecule has 0 unspecified atom stereocenters. The van der Waals surface area contributed by atoms with Gasteiger partial charge in [-0.1, -0.05) is 78.9 Å². The molecule has 24 heavy (non-hydrogen) atoms. The van der Waals surface area contributed by atoms with Crippen LogP contribution in [0.5, 0.6) is 0 Å². The topological polar surface area (TPSA) is 3.24 Å². The summed E-state index contributed by atoms with van der Waals surface area (Å²) < 4.78 is 0. The number of anilines is 1. The Hall–Kier alpha value is -2.80. The molecule has 3 aromatic rings. The van der Waals surface area contributed by atoms with Crippen LogP contribution in [0.4, 0.5) is 5.69 Å². The van der Waals surface area contributed by atoms with Crippen LogP contribution >= 0.6 is 0 Å². The highest BCUT2D eigenvalue weighted by Crippen LogP contribution is 2.21. The second kappa shape index (κ2) is 8.16. The Kier molecular flexibility index (Phi) is 5.47. The van der Waals surface area contributed by atoms with Gasteiger partial charge in [-0.2, -0.15) is 0 Å². The minimum absolute atomic E-state index is 0.899. The molecule has 1 nitrogen and oxygen atoms in total. The molecule has 0 amide bonds. The van der Waals surface area contributed by atoms with Gasteiger partial charge in [-0.05, 0) is 35.2 Å². The summed E-state index contributed by atoms with van der Waals surface area (Å²) in [5.41, 5.74) is 5.19. The van der Waals surface area contributed by atoms with E-state index in [1.807, 2.05) is 6.08 Å². The quantitative estimate of drug-likeness (QED) is 0.512. The Bertz CT molecular complexity index is 704. The molecule has 0 saturated heterocycles. The van der Waals surface area contributed by atoms with E-state index in [-0.39, 0.29) is 0 Å². The first-order chi connectivity index (χ1) is 11.8. The molecule has 1 heteroatoms. The van der Waals surface area contributed by atoms with E-state index in [9.17, 15) is 0 Å².